The number of carbonyl (C=O) groups is 1. The number of rotatable bonds is 5. The van der Waals surface area contributed by atoms with Gasteiger partial charge in [0.2, 0.25) is 0 Å². The highest BCUT2D eigenvalue weighted by Gasteiger charge is 2.35. The van der Waals surface area contributed by atoms with Crippen LogP contribution in [0.2, 0.25) is 0 Å². The first-order valence-electron chi connectivity index (χ1n) is 4.33. The van der Waals surface area contributed by atoms with Crippen molar-refractivity contribution in [1.29, 1.82) is 0 Å². The Morgan fingerprint density at radius 3 is 2.80 bits per heavy atom. The summed E-state index contributed by atoms with van der Waals surface area (Å²) in [5, 5.41) is 0. The first-order valence-corrected chi connectivity index (χ1v) is 4.33. The molecule has 0 aromatic rings. The van der Waals surface area contributed by atoms with Gasteiger partial charge in [0.25, 0.3) is 0 Å². The van der Waals surface area contributed by atoms with Gasteiger partial charge in [-0.3, -0.25) is 0 Å². The smallest absolute Gasteiger partial charge is 0.123 e. The minimum atomic E-state index is 0.442. The van der Waals surface area contributed by atoms with E-state index >= 15 is 0 Å². The summed E-state index contributed by atoms with van der Waals surface area (Å²) in [5.74, 6) is 1.21. The molecule has 0 radical (unpaired) electrons. The molecule has 1 aliphatic carbocycles. The Morgan fingerprint density at radius 2 is 2.30 bits per heavy atom. The number of carbonyl (C=O) groups excluding carboxylic acids is 1. The van der Waals surface area contributed by atoms with Crippen LogP contribution in [0.25, 0.3) is 0 Å². The van der Waals surface area contributed by atoms with Gasteiger partial charge in [0.15, 0.2) is 0 Å². The van der Waals surface area contributed by atoms with Gasteiger partial charge < -0.3 is 4.79 Å². The van der Waals surface area contributed by atoms with Crippen LogP contribution in [0, 0.1) is 11.8 Å². The van der Waals surface area contributed by atoms with Crippen LogP contribution in [0.1, 0.15) is 39.0 Å². The van der Waals surface area contributed by atoms with Crippen molar-refractivity contribution >= 4 is 6.29 Å². The van der Waals surface area contributed by atoms with Gasteiger partial charge in [0.05, 0.1) is 0 Å². The second-order valence-electron chi connectivity index (χ2n) is 3.29. The van der Waals surface area contributed by atoms with Crippen molar-refractivity contribution in [2.75, 3.05) is 0 Å². The van der Waals surface area contributed by atoms with Crippen LogP contribution in [0.4, 0.5) is 0 Å². The zero-order chi connectivity index (χ0) is 7.40. The molecule has 58 valence electrons. The fraction of sp³-hybridized carbons (Fsp3) is 0.889. The lowest BCUT2D eigenvalue weighted by Gasteiger charge is -1.94. The van der Waals surface area contributed by atoms with Gasteiger partial charge in [-0.1, -0.05) is 26.2 Å². The van der Waals surface area contributed by atoms with Crippen molar-refractivity contribution in [3.63, 3.8) is 0 Å². The minimum absolute atomic E-state index is 0.442. The Balaban J connectivity index is 1.91. The predicted molar refractivity (Wildman–Crippen MR) is 41.8 cm³/mol. The largest absolute Gasteiger partial charge is 0.303 e. The maximum atomic E-state index is 10.2. The van der Waals surface area contributed by atoms with Gasteiger partial charge in [-0.15, -0.1) is 0 Å². The van der Waals surface area contributed by atoms with Crippen molar-refractivity contribution in [2.45, 2.75) is 39.0 Å². The van der Waals surface area contributed by atoms with Crippen LogP contribution >= 0.6 is 0 Å². The van der Waals surface area contributed by atoms with E-state index in [1.54, 1.807) is 0 Å². The summed E-state index contributed by atoms with van der Waals surface area (Å²) in [6.07, 6.45) is 7.53. The topological polar surface area (TPSA) is 17.1 Å². The zero-order valence-electron chi connectivity index (χ0n) is 6.68. The van der Waals surface area contributed by atoms with Gasteiger partial charge in [0.1, 0.15) is 6.29 Å². The van der Waals surface area contributed by atoms with Crippen molar-refractivity contribution in [2.24, 2.45) is 11.8 Å². The van der Waals surface area contributed by atoms with Gasteiger partial charge in [0, 0.05) is 5.92 Å². The summed E-state index contributed by atoms with van der Waals surface area (Å²) in [6.45, 7) is 2.21. The van der Waals surface area contributed by atoms with Gasteiger partial charge >= 0.3 is 0 Å². The van der Waals surface area contributed by atoms with Crippen LogP contribution in [-0.2, 0) is 4.79 Å². The van der Waals surface area contributed by atoms with Crippen LogP contribution in [0.15, 0.2) is 0 Å². The molecule has 0 aliphatic heterocycles. The van der Waals surface area contributed by atoms with Crippen LogP contribution < -0.4 is 0 Å². The molecule has 2 atom stereocenters. The molecule has 1 nitrogen and oxygen atoms in total. The second kappa shape index (κ2) is 3.75. The number of hydrogen-bond donors (Lipinski definition) is 0. The molecule has 0 N–H and O–H groups in total. The normalized spacial score (nSPS) is 30.1. The quantitative estimate of drug-likeness (QED) is 0.423. The summed E-state index contributed by atoms with van der Waals surface area (Å²) in [7, 11) is 0. The molecular weight excluding hydrogens is 124 g/mol. The van der Waals surface area contributed by atoms with E-state index in [1.807, 2.05) is 0 Å². The molecule has 0 spiro atoms. The predicted octanol–water partition coefficient (Wildman–Crippen LogP) is 2.40. The second-order valence-corrected chi connectivity index (χ2v) is 3.29. The monoisotopic (exact) mass is 140 g/mol. The Hall–Kier alpha value is -0.330. The van der Waals surface area contributed by atoms with Crippen LogP contribution in [-0.4, -0.2) is 6.29 Å². The van der Waals surface area contributed by atoms with Gasteiger partial charge in [-0.05, 0) is 18.8 Å². The number of aldehydes is 1. The van der Waals surface area contributed by atoms with Crippen LogP contribution in [0.5, 0.6) is 0 Å². The number of unbranched alkanes of at least 4 members (excludes halogenated alkanes) is 2. The van der Waals surface area contributed by atoms with E-state index in [2.05, 4.69) is 6.92 Å². The Labute approximate surface area is 62.8 Å². The van der Waals surface area contributed by atoms with E-state index in [9.17, 15) is 4.79 Å². The molecule has 0 heterocycles. The Kier molecular flexibility index (Phi) is 2.91. The highest BCUT2D eigenvalue weighted by atomic mass is 16.1. The summed E-state index contributed by atoms with van der Waals surface area (Å²) < 4.78 is 0. The van der Waals surface area contributed by atoms with Gasteiger partial charge in [-0.2, -0.15) is 0 Å². The fourth-order valence-corrected chi connectivity index (χ4v) is 1.43. The standard InChI is InChI=1S/C9H16O/c1-2-3-4-5-8-6-9(8)7-10/h7-9H,2-6H2,1H3/t8-,9+/m1/s1. The highest BCUT2D eigenvalue weighted by Crippen LogP contribution is 2.40. The van der Waals surface area contributed by atoms with Crippen molar-refractivity contribution in [3.05, 3.63) is 0 Å². The maximum absolute atomic E-state index is 10.2. The average Bonchev–Trinajstić information content (AvgIpc) is 2.68. The molecule has 1 rings (SSSR count). The molecule has 1 saturated carbocycles. The van der Waals surface area contributed by atoms with Crippen molar-refractivity contribution in [3.8, 4) is 0 Å². The number of hydrogen-bond acceptors (Lipinski definition) is 1. The van der Waals surface area contributed by atoms with E-state index in [1.165, 1.54) is 32.1 Å². The van der Waals surface area contributed by atoms with E-state index in [0.29, 0.717) is 5.92 Å². The third-order valence-corrected chi connectivity index (χ3v) is 2.33. The summed E-state index contributed by atoms with van der Waals surface area (Å²) in [5.41, 5.74) is 0. The zero-order valence-corrected chi connectivity index (χ0v) is 6.68. The van der Waals surface area contributed by atoms with Crippen molar-refractivity contribution < 1.29 is 4.79 Å². The fourth-order valence-electron chi connectivity index (χ4n) is 1.43. The highest BCUT2D eigenvalue weighted by molar-refractivity contribution is 5.58. The molecule has 0 bridgehead atoms. The molecule has 0 aromatic carbocycles. The van der Waals surface area contributed by atoms with E-state index in [-0.39, 0.29) is 0 Å². The van der Waals surface area contributed by atoms with Crippen LogP contribution in [0.3, 0.4) is 0 Å². The molecule has 1 heteroatoms. The van der Waals surface area contributed by atoms with E-state index in [0.717, 1.165) is 12.2 Å². The third kappa shape index (κ3) is 2.13. The summed E-state index contributed by atoms with van der Waals surface area (Å²) >= 11 is 0. The Morgan fingerprint density at radius 1 is 1.50 bits per heavy atom. The molecule has 1 fully saturated rings. The van der Waals surface area contributed by atoms with Gasteiger partial charge in [-0.25, -0.2) is 0 Å². The van der Waals surface area contributed by atoms with E-state index in [4.69, 9.17) is 0 Å². The molecular formula is C9H16O. The molecule has 0 amide bonds. The lowest BCUT2D eigenvalue weighted by atomic mass is 10.1. The molecule has 1 aliphatic rings. The Bertz CT molecular complexity index is 109. The first kappa shape index (κ1) is 7.77. The summed E-state index contributed by atoms with van der Waals surface area (Å²) in [4.78, 5) is 10.2. The third-order valence-electron chi connectivity index (χ3n) is 2.33. The van der Waals surface area contributed by atoms with Crippen molar-refractivity contribution in [1.82, 2.24) is 0 Å². The lowest BCUT2D eigenvalue weighted by molar-refractivity contribution is -0.109. The average molecular weight is 140 g/mol. The maximum Gasteiger partial charge on any atom is 0.123 e. The molecule has 0 saturated heterocycles. The first-order chi connectivity index (χ1) is 4.88. The SMILES string of the molecule is CCCCC[C@@H]1C[C@H]1C=O. The molecule has 0 aromatic heterocycles. The molecule has 10 heavy (non-hydrogen) atoms. The lowest BCUT2D eigenvalue weighted by Crippen LogP contribution is -1.83. The molecule has 0 unspecified atom stereocenters. The summed E-state index contributed by atoms with van der Waals surface area (Å²) in [6, 6.07) is 0. The minimum Gasteiger partial charge on any atom is -0.303 e. The van der Waals surface area contributed by atoms with E-state index < -0.39 is 0 Å².